The minimum Gasteiger partial charge on any atom is -0.361 e. The quantitative estimate of drug-likeness (QED) is 0.928. The summed E-state index contributed by atoms with van der Waals surface area (Å²) >= 11 is 0. The highest BCUT2D eigenvalue weighted by Crippen LogP contribution is 2.14. The first-order valence-corrected chi connectivity index (χ1v) is 5.64. The molecule has 2 rings (SSSR count). The van der Waals surface area contributed by atoms with Gasteiger partial charge in [0.1, 0.15) is 5.76 Å². The molecule has 0 aliphatic rings. The number of aromatic nitrogens is 1. The fourth-order valence-corrected chi connectivity index (χ4v) is 1.70. The minimum absolute atomic E-state index is 0.149. The van der Waals surface area contributed by atoms with Gasteiger partial charge in [-0.05, 0) is 26.0 Å². The third kappa shape index (κ3) is 2.62. The van der Waals surface area contributed by atoms with Crippen LogP contribution in [0.4, 0.5) is 8.78 Å². The van der Waals surface area contributed by atoms with Crippen molar-refractivity contribution in [2.75, 3.05) is 0 Å². The van der Waals surface area contributed by atoms with Gasteiger partial charge in [-0.25, -0.2) is 8.78 Å². The van der Waals surface area contributed by atoms with Gasteiger partial charge in [-0.1, -0.05) is 11.2 Å². The number of aryl methyl sites for hydroxylation is 2. The highest BCUT2D eigenvalue weighted by Gasteiger charge is 2.16. The first-order chi connectivity index (χ1) is 9.00. The van der Waals surface area contributed by atoms with E-state index in [4.69, 9.17) is 4.52 Å². The molecule has 0 aliphatic heterocycles. The summed E-state index contributed by atoms with van der Waals surface area (Å²) in [4.78, 5) is 11.8. The Hall–Kier alpha value is -2.24. The van der Waals surface area contributed by atoms with Crippen LogP contribution in [0.15, 0.2) is 22.7 Å². The largest absolute Gasteiger partial charge is 0.361 e. The Bertz CT molecular complexity index is 604. The molecule has 0 spiro atoms. The fraction of sp³-hybridized carbons (Fsp3) is 0.231. The van der Waals surface area contributed by atoms with Gasteiger partial charge in [0.2, 0.25) is 0 Å². The van der Waals surface area contributed by atoms with Crippen LogP contribution in [-0.4, -0.2) is 11.1 Å². The summed E-state index contributed by atoms with van der Waals surface area (Å²) in [5.41, 5.74) is 1.05. The number of nitrogens with one attached hydrogen (secondary N) is 1. The lowest BCUT2D eigenvalue weighted by atomic mass is 10.1. The Labute approximate surface area is 108 Å². The van der Waals surface area contributed by atoms with Gasteiger partial charge in [0, 0.05) is 12.1 Å². The maximum Gasteiger partial charge on any atom is 0.254 e. The normalized spacial score (nSPS) is 10.5. The summed E-state index contributed by atoms with van der Waals surface area (Å²) < 4.78 is 31.4. The second-order valence-corrected chi connectivity index (χ2v) is 4.09. The van der Waals surface area contributed by atoms with Gasteiger partial charge in [-0.15, -0.1) is 0 Å². The molecule has 0 saturated carbocycles. The first kappa shape index (κ1) is 13.2. The molecule has 100 valence electrons. The molecule has 0 atom stereocenters. The van der Waals surface area contributed by atoms with Gasteiger partial charge in [0.05, 0.1) is 11.3 Å². The van der Waals surface area contributed by atoms with Gasteiger partial charge >= 0.3 is 0 Å². The number of benzene rings is 1. The number of halogens is 2. The molecule has 1 aromatic heterocycles. The predicted octanol–water partition coefficient (Wildman–Crippen LogP) is 2.50. The molecule has 0 aliphatic carbocycles. The topological polar surface area (TPSA) is 55.1 Å². The Morgan fingerprint density at radius 1 is 1.37 bits per heavy atom. The average molecular weight is 266 g/mol. The minimum atomic E-state index is -1.15. The van der Waals surface area contributed by atoms with E-state index in [1.807, 2.05) is 0 Å². The zero-order valence-corrected chi connectivity index (χ0v) is 10.5. The second kappa shape index (κ2) is 5.17. The van der Waals surface area contributed by atoms with E-state index in [0.29, 0.717) is 11.5 Å². The van der Waals surface area contributed by atoms with Crippen LogP contribution in [0.5, 0.6) is 0 Å². The average Bonchev–Trinajstić information content (AvgIpc) is 2.70. The lowest BCUT2D eigenvalue weighted by molar-refractivity contribution is 0.0945. The molecule has 0 unspecified atom stereocenters. The second-order valence-electron chi connectivity index (χ2n) is 4.09. The maximum atomic E-state index is 13.4. The van der Waals surface area contributed by atoms with Crippen molar-refractivity contribution < 1.29 is 18.1 Å². The van der Waals surface area contributed by atoms with Crippen molar-refractivity contribution in [3.8, 4) is 0 Å². The lowest BCUT2D eigenvalue weighted by Crippen LogP contribution is -2.24. The number of nitrogens with zero attached hydrogens (tertiary/aromatic N) is 1. The number of rotatable bonds is 3. The molecule has 0 bridgehead atoms. The summed E-state index contributed by atoms with van der Waals surface area (Å²) in [6.07, 6.45) is 0. The summed E-state index contributed by atoms with van der Waals surface area (Å²) in [5, 5.41) is 6.24. The third-order valence-electron chi connectivity index (χ3n) is 2.80. The molecule has 19 heavy (non-hydrogen) atoms. The van der Waals surface area contributed by atoms with E-state index >= 15 is 0 Å². The summed E-state index contributed by atoms with van der Waals surface area (Å²) in [7, 11) is 0. The number of hydrogen-bond donors (Lipinski definition) is 1. The Kier molecular flexibility index (Phi) is 3.59. The first-order valence-electron chi connectivity index (χ1n) is 5.64. The zero-order chi connectivity index (χ0) is 14.0. The molecule has 0 radical (unpaired) electrons. The van der Waals surface area contributed by atoms with Crippen LogP contribution >= 0.6 is 0 Å². The number of amides is 1. The lowest BCUT2D eigenvalue weighted by Gasteiger charge is -2.06. The molecular weight excluding hydrogens is 254 g/mol. The summed E-state index contributed by atoms with van der Waals surface area (Å²) in [5.74, 6) is -2.31. The number of hydrogen-bond acceptors (Lipinski definition) is 3. The summed E-state index contributed by atoms with van der Waals surface area (Å²) in [6, 6.07) is 3.46. The molecule has 0 saturated heterocycles. The molecule has 1 amide bonds. The van der Waals surface area contributed by atoms with Crippen LogP contribution in [0.3, 0.4) is 0 Å². The number of carbonyl (C=O) groups excluding carboxylic acids is 1. The van der Waals surface area contributed by atoms with Gasteiger partial charge in [-0.2, -0.15) is 0 Å². The van der Waals surface area contributed by atoms with Crippen molar-refractivity contribution in [3.05, 3.63) is 52.4 Å². The van der Waals surface area contributed by atoms with E-state index in [-0.39, 0.29) is 12.1 Å². The van der Waals surface area contributed by atoms with Crippen LogP contribution in [0.25, 0.3) is 0 Å². The highest BCUT2D eigenvalue weighted by molar-refractivity contribution is 5.94. The van der Waals surface area contributed by atoms with Crippen LogP contribution in [0.2, 0.25) is 0 Å². The van der Waals surface area contributed by atoms with Crippen molar-refractivity contribution in [3.63, 3.8) is 0 Å². The van der Waals surface area contributed by atoms with Gasteiger partial charge in [0.15, 0.2) is 11.6 Å². The van der Waals surface area contributed by atoms with Crippen molar-refractivity contribution in [2.24, 2.45) is 0 Å². The SMILES string of the molecule is Cc1noc(C)c1CNC(=O)c1cccc(F)c1F. The smallest absolute Gasteiger partial charge is 0.254 e. The third-order valence-corrected chi connectivity index (χ3v) is 2.80. The monoisotopic (exact) mass is 266 g/mol. The molecule has 2 aromatic rings. The fourth-order valence-electron chi connectivity index (χ4n) is 1.70. The van der Waals surface area contributed by atoms with Crippen molar-refractivity contribution in [1.29, 1.82) is 0 Å². The summed E-state index contributed by atoms with van der Waals surface area (Å²) in [6.45, 7) is 3.60. The molecule has 6 heteroatoms. The Morgan fingerprint density at radius 3 is 2.74 bits per heavy atom. The molecule has 1 N–H and O–H groups in total. The van der Waals surface area contributed by atoms with Crippen LogP contribution < -0.4 is 5.32 Å². The maximum absolute atomic E-state index is 13.4. The molecule has 1 aromatic carbocycles. The van der Waals surface area contributed by atoms with Crippen molar-refractivity contribution in [1.82, 2.24) is 10.5 Å². The zero-order valence-electron chi connectivity index (χ0n) is 10.5. The Balaban J connectivity index is 2.12. The van der Waals surface area contributed by atoms with E-state index in [2.05, 4.69) is 10.5 Å². The van der Waals surface area contributed by atoms with Gasteiger partial charge in [-0.3, -0.25) is 4.79 Å². The van der Waals surface area contributed by atoms with Crippen LogP contribution in [0, 0.1) is 25.5 Å². The van der Waals surface area contributed by atoms with E-state index in [0.717, 1.165) is 11.6 Å². The van der Waals surface area contributed by atoms with E-state index in [9.17, 15) is 13.6 Å². The molecule has 0 fully saturated rings. The number of carbonyl (C=O) groups is 1. The Morgan fingerprint density at radius 2 is 2.11 bits per heavy atom. The van der Waals surface area contributed by atoms with Crippen molar-refractivity contribution in [2.45, 2.75) is 20.4 Å². The van der Waals surface area contributed by atoms with Crippen LogP contribution in [0.1, 0.15) is 27.4 Å². The highest BCUT2D eigenvalue weighted by atomic mass is 19.2. The van der Waals surface area contributed by atoms with Gasteiger partial charge < -0.3 is 9.84 Å². The van der Waals surface area contributed by atoms with E-state index in [1.165, 1.54) is 12.1 Å². The van der Waals surface area contributed by atoms with E-state index < -0.39 is 17.5 Å². The molecular formula is C13H12F2N2O2. The van der Waals surface area contributed by atoms with Gasteiger partial charge in [0.25, 0.3) is 5.91 Å². The molecule has 1 heterocycles. The van der Waals surface area contributed by atoms with Crippen LogP contribution in [-0.2, 0) is 6.54 Å². The molecule has 4 nitrogen and oxygen atoms in total. The predicted molar refractivity (Wildman–Crippen MR) is 63.5 cm³/mol. The standard InChI is InChI=1S/C13H12F2N2O2/c1-7-10(8(2)19-17-7)6-16-13(18)9-4-3-5-11(14)12(9)15/h3-5H,6H2,1-2H3,(H,16,18). The van der Waals surface area contributed by atoms with E-state index in [1.54, 1.807) is 13.8 Å². The van der Waals surface area contributed by atoms with Crippen molar-refractivity contribution >= 4 is 5.91 Å².